The van der Waals surface area contributed by atoms with E-state index in [1.165, 1.54) is 0 Å². The minimum absolute atomic E-state index is 0.0629. The molecule has 0 radical (unpaired) electrons. The molecule has 1 rings (SSSR count). The van der Waals surface area contributed by atoms with E-state index in [1.54, 1.807) is 0 Å². The molecule has 1 saturated heterocycles. The molecule has 4 atom stereocenters. The summed E-state index contributed by atoms with van der Waals surface area (Å²) in [6.07, 6.45) is 1.39. The molecule has 1 heterocycles. The molecule has 0 aromatic carbocycles. The lowest BCUT2D eigenvalue weighted by atomic mass is 10.0. The molecule has 78 valence electrons. The summed E-state index contributed by atoms with van der Waals surface area (Å²) in [6.45, 7) is 1.96. The third-order valence-electron chi connectivity index (χ3n) is 2.67. The minimum atomic E-state index is -0.827. The zero-order valence-corrected chi connectivity index (χ0v) is 7.98. The van der Waals surface area contributed by atoms with Gasteiger partial charge in [0.05, 0.1) is 24.9 Å². The topological polar surface area (TPSA) is 72.7 Å². The molecule has 4 heteroatoms. The van der Waals surface area contributed by atoms with Crippen LogP contribution in [0.3, 0.4) is 0 Å². The van der Waals surface area contributed by atoms with Crippen LogP contribution >= 0.6 is 0 Å². The molecule has 0 amide bonds. The SMILES string of the molecule is CCCC[C@H]1N[C@@H](CO)[C@@H](O)[C@H]1O. The molecule has 13 heavy (non-hydrogen) atoms. The highest BCUT2D eigenvalue weighted by atomic mass is 16.3. The van der Waals surface area contributed by atoms with Crippen molar-refractivity contribution in [1.29, 1.82) is 0 Å². The first-order valence-corrected chi connectivity index (χ1v) is 4.93. The van der Waals surface area contributed by atoms with E-state index in [9.17, 15) is 10.2 Å². The predicted octanol–water partition coefficient (Wildman–Crippen LogP) is -0.769. The Morgan fingerprint density at radius 1 is 1.15 bits per heavy atom. The van der Waals surface area contributed by atoms with E-state index < -0.39 is 12.2 Å². The van der Waals surface area contributed by atoms with E-state index in [0.29, 0.717) is 0 Å². The zero-order chi connectivity index (χ0) is 9.84. The van der Waals surface area contributed by atoms with Crippen molar-refractivity contribution < 1.29 is 15.3 Å². The third kappa shape index (κ3) is 2.40. The van der Waals surface area contributed by atoms with Crippen LogP contribution in [0.4, 0.5) is 0 Å². The molecule has 1 aliphatic rings. The second kappa shape index (κ2) is 4.91. The fraction of sp³-hybridized carbons (Fsp3) is 1.00. The molecule has 4 N–H and O–H groups in total. The molecule has 1 fully saturated rings. The smallest absolute Gasteiger partial charge is 0.0989 e. The van der Waals surface area contributed by atoms with Crippen LogP contribution in [0.5, 0.6) is 0 Å². The van der Waals surface area contributed by atoms with Crippen LogP contribution in [0.15, 0.2) is 0 Å². The fourth-order valence-corrected chi connectivity index (χ4v) is 1.79. The largest absolute Gasteiger partial charge is 0.395 e. The van der Waals surface area contributed by atoms with Crippen LogP contribution in [0.1, 0.15) is 26.2 Å². The molecule has 0 aromatic rings. The maximum absolute atomic E-state index is 9.56. The number of hydrogen-bond donors (Lipinski definition) is 4. The Labute approximate surface area is 78.6 Å². The van der Waals surface area contributed by atoms with Crippen molar-refractivity contribution in [3.8, 4) is 0 Å². The Morgan fingerprint density at radius 3 is 2.23 bits per heavy atom. The first-order valence-electron chi connectivity index (χ1n) is 4.93. The summed E-state index contributed by atoms with van der Waals surface area (Å²) in [7, 11) is 0. The fourth-order valence-electron chi connectivity index (χ4n) is 1.79. The highest BCUT2D eigenvalue weighted by Gasteiger charge is 2.39. The van der Waals surface area contributed by atoms with Crippen molar-refractivity contribution in [3.05, 3.63) is 0 Å². The van der Waals surface area contributed by atoms with Crippen molar-refractivity contribution in [2.45, 2.75) is 50.5 Å². The van der Waals surface area contributed by atoms with Gasteiger partial charge in [0.2, 0.25) is 0 Å². The van der Waals surface area contributed by atoms with Gasteiger partial charge in [-0.3, -0.25) is 0 Å². The number of rotatable bonds is 4. The predicted molar refractivity (Wildman–Crippen MR) is 49.3 cm³/mol. The Morgan fingerprint density at radius 2 is 1.77 bits per heavy atom. The summed E-state index contributed by atoms with van der Waals surface area (Å²) in [4.78, 5) is 0. The molecule has 0 aliphatic carbocycles. The minimum Gasteiger partial charge on any atom is -0.395 e. The highest BCUT2D eigenvalue weighted by Crippen LogP contribution is 2.18. The van der Waals surface area contributed by atoms with Gasteiger partial charge in [-0.15, -0.1) is 0 Å². The molecular weight excluding hydrogens is 170 g/mol. The van der Waals surface area contributed by atoms with E-state index in [-0.39, 0.29) is 18.7 Å². The lowest BCUT2D eigenvalue weighted by Crippen LogP contribution is -2.36. The normalized spacial score (nSPS) is 39.7. The summed E-state index contributed by atoms with van der Waals surface area (Å²) in [5.41, 5.74) is 0. The summed E-state index contributed by atoms with van der Waals surface area (Å²) in [5.74, 6) is 0. The van der Waals surface area contributed by atoms with Crippen LogP contribution in [0.2, 0.25) is 0 Å². The van der Waals surface area contributed by atoms with Crippen molar-refractivity contribution >= 4 is 0 Å². The molecule has 0 aromatic heterocycles. The summed E-state index contributed by atoms with van der Waals surface area (Å²) < 4.78 is 0. The molecule has 1 aliphatic heterocycles. The van der Waals surface area contributed by atoms with Gasteiger partial charge < -0.3 is 20.6 Å². The maximum Gasteiger partial charge on any atom is 0.0989 e. The second-order valence-electron chi connectivity index (χ2n) is 3.69. The van der Waals surface area contributed by atoms with Gasteiger partial charge in [-0.1, -0.05) is 19.8 Å². The lowest BCUT2D eigenvalue weighted by Gasteiger charge is -2.14. The first kappa shape index (κ1) is 10.9. The molecule has 0 spiro atoms. The van der Waals surface area contributed by atoms with E-state index in [1.807, 2.05) is 0 Å². The van der Waals surface area contributed by atoms with Crippen LogP contribution in [-0.2, 0) is 0 Å². The quantitative estimate of drug-likeness (QED) is 0.468. The van der Waals surface area contributed by atoms with E-state index in [4.69, 9.17) is 5.11 Å². The van der Waals surface area contributed by atoms with Crippen molar-refractivity contribution in [2.75, 3.05) is 6.61 Å². The van der Waals surface area contributed by atoms with Gasteiger partial charge in [0, 0.05) is 6.04 Å². The van der Waals surface area contributed by atoms with Crippen LogP contribution < -0.4 is 5.32 Å². The standard InChI is InChI=1S/C9H19NO3/c1-2-3-4-6-8(12)9(13)7(5-11)10-6/h6-13H,2-5H2,1H3/t6-,7+,8+,9-/m1/s1. The van der Waals surface area contributed by atoms with Crippen molar-refractivity contribution in [3.63, 3.8) is 0 Å². The summed E-state index contributed by atoms with van der Waals surface area (Å²) in [6, 6.07) is -0.427. The van der Waals surface area contributed by atoms with Gasteiger partial charge in [-0.05, 0) is 6.42 Å². The van der Waals surface area contributed by atoms with Gasteiger partial charge in [0.25, 0.3) is 0 Å². The second-order valence-corrected chi connectivity index (χ2v) is 3.69. The Hall–Kier alpha value is -0.160. The van der Waals surface area contributed by atoms with E-state index >= 15 is 0 Å². The van der Waals surface area contributed by atoms with Crippen LogP contribution in [0.25, 0.3) is 0 Å². The number of unbranched alkanes of at least 4 members (excludes halogenated alkanes) is 1. The lowest BCUT2D eigenvalue weighted by molar-refractivity contribution is 0.0186. The number of aliphatic hydroxyl groups excluding tert-OH is 3. The van der Waals surface area contributed by atoms with Gasteiger partial charge in [0.15, 0.2) is 0 Å². The molecule has 0 saturated carbocycles. The van der Waals surface area contributed by atoms with Gasteiger partial charge in [-0.25, -0.2) is 0 Å². The molecule has 0 unspecified atom stereocenters. The molecule has 0 bridgehead atoms. The average Bonchev–Trinajstić information content (AvgIpc) is 2.41. The van der Waals surface area contributed by atoms with Gasteiger partial charge in [-0.2, -0.15) is 0 Å². The number of aliphatic hydroxyl groups is 3. The molecular formula is C9H19NO3. The van der Waals surface area contributed by atoms with Crippen LogP contribution in [0, 0.1) is 0 Å². The van der Waals surface area contributed by atoms with Crippen molar-refractivity contribution in [1.82, 2.24) is 5.32 Å². The third-order valence-corrected chi connectivity index (χ3v) is 2.67. The highest BCUT2D eigenvalue weighted by molar-refractivity contribution is 4.97. The molecule has 4 nitrogen and oxygen atoms in total. The monoisotopic (exact) mass is 189 g/mol. The maximum atomic E-state index is 9.56. The van der Waals surface area contributed by atoms with Gasteiger partial charge >= 0.3 is 0 Å². The summed E-state index contributed by atoms with van der Waals surface area (Å²) >= 11 is 0. The number of hydrogen-bond acceptors (Lipinski definition) is 4. The van der Waals surface area contributed by atoms with Crippen molar-refractivity contribution in [2.24, 2.45) is 0 Å². The zero-order valence-electron chi connectivity index (χ0n) is 7.98. The van der Waals surface area contributed by atoms with Crippen LogP contribution in [-0.4, -0.2) is 46.2 Å². The Balaban J connectivity index is 2.40. The van der Waals surface area contributed by atoms with E-state index in [2.05, 4.69) is 12.2 Å². The van der Waals surface area contributed by atoms with E-state index in [0.717, 1.165) is 19.3 Å². The Bertz CT molecular complexity index is 154. The average molecular weight is 189 g/mol. The Kier molecular flexibility index (Phi) is 4.12. The summed E-state index contributed by atoms with van der Waals surface area (Å²) in [5, 5.41) is 30.9. The number of nitrogens with one attached hydrogen (secondary N) is 1. The van der Waals surface area contributed by atoms with Gasteiger partial charge in [0.1, 0.15) is 0 Å². The first-order chi connectivity index (χ1) is 6.20.